The lowest BCUT2D eigenvalue weighted by Crippen LogP contribution is -2.28. The summed E-state index contributed by atoms with van der Waals surface area (Å²) in [5.74, 6) is 0. The summed E-state index contributed by atoms with van der Waals surface area (Å²) in [4.78, 5) is 2.55. The van der Waals surface area contributed by atoms with Crippen LogP contribution in [0.2, 0.25) is 0 Å². The molecule has 328 valence electrons. The molecule has 0 unspecified atom stereocenters. The van der Waals surface area contributed by atoms with Crippen molar-refractivity contribution in [2.75, 3.05) is 4.90 Å². The highest BCUT2D eigenvalue weighted by atomic mass is 15.1. The van der Waals surface area contributed by atoms with Gasteiger partial charge in [0.25, 0.3) is 0 Å². The Morgan fingerprint density at radius 1 is 0.243 bits per heavy atom. The molecule has 0 fully saturated rings. The lowest BCUT2D eigenvalue weighted by Gasteiger charge is -2.35. The highest BCUT2D eigenvalue weighted by Crippen LogP contribution is 2.58. The molecule has 13 rings (SSSR count). The molecule has 0 spiro atoms. The monoisotopic (exact) mass is 889 g/mol. The molecule has 0 bridgehead atoms. The van der Waals surface area contributed by atoms with Crippen LogP contribution in [0.4, 0.5) is 17.1 Å². The molecular weight excluding hydrogens is 843 g/mol. The van der Waals surface area contributed by atoms with Crippen molar-refractivity contribution in [3.8, 4) is 55.6 Å². The fraction of sp³-hybridized carbons (Fsp3) is 0.0145. The summed E-state index contributed by atoms with van der Waals surface area (Å²) in [6.07, 6.45) is 0. The highest BCUT2D eigenvalue weighted by Gasteiger charge is 2.46. The van der Waals surface area contributed by atoms with E-state index in [2.05, 4.69) is 290 Å². The van der Waals surface area contributed by atoms with E-state index in [1.165, 1.54) is 88.3 Å². The van der Waals surface area contributed by atoms with Crippen LogP contribution in [-0.4, -0.2) is 0 Å². The summed E-state index contributed by atoms with van der Waals surface area (Å²) in [7, 11) is 0. The Morgan fingerprint density at radius 3 is 1.26 bits per heavy atom. The quantitative estimate of drug-likeness (QED) is 0.131. The normalized spacial score (nSPS) is 12.4. The summed E-state index contributed by atoms with van der Waals surface area (Å²) >= 11 is 0. The number of benzene rings is 12. The van der Waals surface area contributed by atoms with Crippen LogP contribution < -0.4 is 4.90 Å². The summed E-state index contributed by atoms with van der Waals surface area (Å²) < 4.78 is 0. The number of hydrogen-bond acceptors (Lipinski definition) is 1. The third-order valence-corrected chi connectivity index (χ3v) is 14.5. The predicted molar refractivity (Wildman–Crippen MR) is 295 cm³/mol. The van der Waals surface area contributed by atoms with Gasteiger partial charge < -0.3 is 4.90 Å². The molecule has 0 amide bonds. The molecule has 1 aliphatic rings. The lowest BCUT2D eigenvalue weighted by molar-refractivity contribution is 0.768. The molecule has 1 aliphatic carbocycles. The van der Waals surface area contributed by atoms with Crippen LogP contribution in [0.15, 0.2) is 285 Å². The smallest absolute Gasteiger partial charge is 0.0714 e. The number of nitrogens with zero attached hydrogens (tertiary/aromatic N) is 1. The number of rotatable bonds is 9. The minimum atomic E-state index is -0.564. The Morgan fingerprint density at radius 2 is 0.657 bits per heavy atom. The molecule has 0 aliphatic heterocycles. The van der Waals surface area contributed by atoms with E-state index in [1.54, 1.807) is 0 Å². The Kier molecular flexibility index (Phi) is 10.1. The van der Waals surface area contributed by atoms with Gasteiger partial charge in [-0.25, -0.2) is 0 Å². The van der Waals surface area contributed by atoms with Crippen LogP contribution >= 0.6 is 0 Å². The van der Waals surface area contributed by atoms with Gasteiger partial charge in [0.05, 0.1) is 11.1 Å². The van der Waals surface area contributed by atoms with Gasteiger partial charge >= 0.3 is 0 Å². The standard InChI is InChI=1S/C69H47N/c1-5-20-48(21-6-1)50-36-38-51(39-37-50)52-40-42-53(43-41-52)67-63-33-15-13-30-59(63)60-31-14-16-34-64(60)68(67)70(57-29-19-24-54(46-57)49-22-7-2-8-23-49)58-44-45-62-61-32-17-18-35-65(61)69(66(62)47-58,55-25-9-3-10-26-55)56-27-11-4-12-28-56/h1-47H. The van der Waals surface area contributed by atoms with Gasteiger partial charge in [-0.2, -0.15) is 0 Å². The molecular formula is C69H47N. The van der Waals surface area contributed by atoms with E-state index in [4.69, 9.17) is 0 Å². The van der Waals surface area contributed by atoms with E-state index >= 15 is 0 Å². The predicted octanol–water partition coefficient (Wildman–Crippen LogP) is 18.5. The summed E-state index contributed by atoms with van der Waals surface area (Å²) in [5, 5.41) is 4.83. The SMILES string of the molecule is c1ccc(-c2ccc(-c3ccc(-c4c(N(c5cccc(-c6ccccc6)c5)c5ccc6c(c5)C(c5ccccc5)(c5ccccc5)c5ccccc5-6)c5ccccc5c5ccccc45)cc3)cc2)cc1. The summed E-state index contributed by atoms with van der Waals surface area (Å²) in [6, 6.07) is 105. The molecule has 0 N–H and O–H groups in total. The van der Waals surface area contributed by atoms with Gasteiger partial charge in [0.2, 0.25) is 0 Å². The number of hydrogen-bond donors (Lipinski definition) is 0. The largest absolute Gasteiger partial charge is 0.309 e. The van der Waals surface area contributed by atoms with Gasteiger partial charge in [0, 0.05) is 22.3 Å². The minimum absolute atomic E-state index is 0.564. The molecule has 0 saturated heterocycles. The van der Waals surface area contributed by atoms with E-state index in [9.17, 15) is 0 Å². The zero-order chi connectivity index (χ0) is 46.4. The van der Waals surface area contributed by atoms with Crippen LogP contribution in [0.25, 0.3) is 77.2 Å². The molecule has 1 heteroatoms. The maximum Gasteiger partial charge on any atom is 0.0714 e. The van der Waals surface area contributed by atoms with E-state index in [1.807, 2.05) is 0 Å². The maximum atomic E-state index is 2.55. The van der Waals surface area contributed by atoms with E-state index in [0.717, 1.165) is 28.2 Å². The number of fused-ring (bicyclic) bond motifs is 6. The molecule has 1 nitrogen and oxygen atoms in total. The van der Waals surface area contributed by atoms with Crippen molar-refractivity contribution in [2.45, 2.75) is 5.41 Å². The van der Waals surface area contributed by atoms with Crippen molar-refractivity contribution >= 4 is 38.6 Å². The Hall–Kier alpha value is -9.04. The highest BCUT2D eigenvalue weighted by molar-refractivity contribution is 6.22. The second kappa shape index (κ2) is 17.2. The van der Waals surface area contributed by atoms with Gasteiger partial charge in [0.15, 0.2) is 0 Å². The lowest BCUT2D eigenvalue weighted by atomic mass is 9.67. The molecule has 12 aromatic carbocycles. The van der Waals surface area contributed by atoms with Gasteiger partial charge in [-0.1, -0.05) is 261 Å². The third kappa shape index (κ3) is 6.78. The molecule has 0 saturated carbocycles. The van der Waals surface area contributed by atoms with Gasteiger partial charge in [-0.05, 0) is 113 Å². The molecule has 0 aromatic heterocycles. The topological polar surface area (TPSA) is 3.24 Å². The van der Waals surface area contributed by atoms with Crippen LogP contribution in [0, 0.1) is 0 Å². The van der Waals surface area contributed by atoms with Gasteiger partial charge in [0.1, 0.15) is 0 Å². The average molecular weight is 890 g/mol. The second-order valence-electron chi connectivity index (χ2n) is 18.3. The third-order valence-electron chi connectivity index (χ3n) is 14.5. The maximum absolute atomic E-state index is 2.55. The Balaban J connectivity index is 1.08. The average Bonchev–Trinajstić information content (AvgIpc) is 3.74. The minimum Gasteiger partial charge on any atom is -0.309 e. The Bertz CT molecular complexity index is 3800. The molecule has 0 radical (unpaired) electrons. The van der Waals surface area contributed by atoms with E-state index in [0.29, 0.717) is 0 Å². The van der Waals surface area contributed by atoms with Crippen molar-refractivity contribution in [1.29, 1.82) is 0 Å². The summed E-state index contributed by atoms with van der Waals surface area (Å²) in [5.41, 5.74) is 19.8. The van der Waals surface area contributed by atoms with Crippen molar-refractivity contribution in [2.24, 2.45) is 0 Å². The fourth-order valence-electron chi connectivity index (χ4n) is 11.4. The van der Waals surface area contributed by atoms with Gasteiger partial charge in [-0.15, -0.1) is 0 Å². The molecule has 12 aromatic rings. The zero-order valence-electron chi connectivity index (χ0n) is 38.6. The number of anilines is 3. The first-order chi connectivity index (χ1) is 34.7. The first kappa shape index (κ1) is 41.2. The fourth-order valence-corrected chi connectivity index (χ4v) is 11.4. The van der Waals surface area contributed by atoms with Crippen molar-refractivity contribution in [1.82, 2.24) is 0 Å². The first-order valence-corrected chi connectivity index (χ1v) is 24.2. The van der Waals surface area contributed by atoms with Crippen molar-refractivity contribution in [3.05, 3.63) is 307 Å². The van der Waals surface area contributed by atoms with Crippen LogP contribution in [0.1, 0.15) is 22.3 Å². The van der Waals surface area contributed by atoms with E-state index < -0.39 is 5.41 Å². The van der Waals surface area contributed by atoms with Gasteiger partial charge in [-0.3, -0.25) is 0 Å². The Labute approximate surface area is 409 Å². The summed E-state index contributed by atoms with van der Waals surface area (Å²) in [6.45, 7) is 0. The molecule has 0 heterocycles. The van der Waals surface area contributed by atoms with Crippen LogP contribution in [0.3, 0.4) is 0 Å². The van der Waals surface area contributed by atoms with Crippen molar-refractivity contribution < 1.29 is 0 Å². The van der Waals surface area contributed by atoms with Crippen molar-refractivity contribution in [3.63, 3.8) is 0 Å². The zero-order valence-corrected chi connectivity index (χ0v) is 38.6. The second-order valence-corrected chi connectivity index (χ2v) is 18.3. The van der Waals surface area contributed by atoms with Crippen LogP contribution in [0.5, 0.6) is 0 Å². The molecule has 70 heavy (non-hydrogen) atoms. The molecule has 0 atom stereocenters. The van der Waals surface area contributed by atoms with E-state index in [-0.39, 0.29) is 0 Å². The first-order valence-electron chi connectivity index (χ1n) is 24.2. The van der Waals surface area contributed by atoms with Crippen LogP contribution in [-0.2, 0) is 5.41 Å².